The number of nitrogens with one attached hydrogen (secondary N) is 2. The lowest BCUT2D eigenvalue weighted by Gasteiger charge is -2.30. The molecular weight excluding hydrogens is 466 g/mol. The van der Waals surface area contributed by atoms with E-state index in [9.17, 15) is 13.2 Å². The molecule has 2 rings (SSSR count). The van der Waals surface area contributed by atoms with Gasteiger partial charge in [-0.2, -0.15) is 13.2 Å². The summed E-state index contributed by atoms with van der Waals surface area (Å²) in [7, 11) is 3.82. The predicted octanol–water partition coefficient (Wildman–Crippen LogP) is 2.83. The average molecular weight is 491 g/mol. The molecule has 1 atom stereocenters. The highest BCUT2D eigenvalue weighted by molar-refractivity contribution is 14.0. The van der Waals surface area contributed by atoms with Crippen molar-refractivity contribution in [3.63, 3.8) is 0 Å². The van der Waals surface area contributed by atoms with E-state index in [1.165, 1.54) is 12.8 Å². The molecule has 0 aromatic carbocycles. The van der Waals surface area contributed by atoms with Crippen molar-refractivity contribution in [3.8, 4) is 0 Å². The Balaban J connectivity index is 0.00000312. The van der Waals surface area contributed by atoms with Crippen LogP contribution in [-0.2, 0) is 12.6 Å². The fourth-order valence-corrected chi connectivity index (χ4v) is 3.55. The molecule has 1 aliphatic heterocycles. The molecule has 2 heterocycles. The summed E-state index contributed by atoms with van der Waals surface area (Å²) in [6.45, 7) is 3.56. The number of rotatable bonds is 5. The lowest BCUT2D eigenvalue weighted by atomic mass is 9.99. The summed E-state index contributed by atoms with van der Waals surface area (Å²) in [4.78, 5) is 10.1. The molecule has 1 aliphatic rings. The van der Waals surface area contributed by atoms with Crippen molar-refractivity contribution < 1.29 is 13.2 Å². The van der Waals surface area contributed by atoms with Gasteiger partial charge in [-0.15, -0.1) is 35.3 Å². The molecule has 5 nitrogen and oxygen atoms in total. The smallest absolute Gasteiger partial charge is 0.356 e. The molecule has 10 heteroatoms. The number of hydrogen-bond donors (Lipinski definition) is 2. The van der Waals surface area contributed by atoms with Gasteiger partial charge in [0.05, 0.1) is 5.01 Å². The van der Waals surface area contributed by atoms with Gasteiger partial charge in [0, 0.05) is 38.5 Å². The maximum Gasteiger partial charge on any atom is 0.434 e. The summed E-state index contributed by atoms with van der Waals surface area (Å²) in [6, 6.07) is 0. The van der Waals surface area contributed by atoms with Crippen LogP contribution in [0.25, 0.3) is 0 Å². The number of piperidine rings is 1. The van der Waals surface area contributed by atoms with Gasteiger partial charge in [-0.3, -0.25) is 4.99 Å². The summed E-state index contributed by atoms with van der Waals surface area (Å²) in [5.41, 5.74) is -0.813. The number of thiazole rings is 1. The second kappa shape index (κ2) is 10.5. The third-order valence-corrected chi connectivity index (χ3v) is 4.89. The van der Waals surface area contributed by atoms with E-state index in [0.717, 1.165) is 36.4 Å². The molecule has 0 aliphatic carbocycles. The highest BCUT2D eigenvalue weighted by Gasteiger charge is 2.33. The van der Waals surface area contributed by atoms with Crippen molar-refractivity contribution in [1.29, 1.82) is 0 Å². The Bertz CT molecular complexity index is 550. The van der Waals surface area contributed by atoms with E-state index in [2.05, 4.69) is 32.6 Å². The summed E-state index contributed by atoms with van der Waals surface area (Å²) < 4.78 is 37.5. The van der Waals surface area contributed by atoms with Gasteiger partial charge in [-0.05, 0) is 32.4 Å². The van der Waals surface area contributed by atoms with Crippen LogP contribution >= 0.6 is 35.3 Å². The zero-order valence-corrected chi connectivity index (χ0v) is 17.5. The number of halogens is 4. The summed E-state index contributed by atoms with van der Waals surface area (Å²) >= 11 is 1.04. The molecule has 0 saturated carbocycles. The van der Waals surface area contributed by atoms with Crippen LogP contribution < -0.4 is 10.6 Å². The molecule has 0 amide bonds. The summed E-state index contributed by atoms with van der Waals surface area (Å²) in [5.74, 6) is 1.27. The van der Waals surface area contributed by atoms with Crippen molar-refractivity contribution >= 4 is 41.3 Å². The van der Waals surface area contributed by atoms with E-state index >= 15 is 0 Å². The summed E-state index contributed by atoms with van der Waals surface area (Å²) in [6.07, 6.45) is -1.52. The van der Waals surface area contributed by atoms with Gasteiger partial charge in [0.1, 0.15) is 0 Å². The van der Waals surface area contributed by atoms with Gasteiger partial charge in [-0.25, -0.2) is 4.98 Å². The molecule has 1 saturated heterocycles. The van der Waals surface area contributed by atoms with Crippen LogP contribution in [0.5, 0.6) is 0 Å². The molecule has 0 spiro atoms. The third-order valence-electron chi connectivity index (χ3n) is 3.98. The standard InChI is InChI=1S/C15H24F3N5S.HI/c1-19-14(21-8-11-4-3-7-23(2)9-11)20-6-5-13-22-12(10-24-13)15(16,17)18;/h10-11H,3-9H2,1-2H3,(H2,19,20,21);1H. The van der Waals surface area contributed by atoms with Crippen molar-refractivity contribution in [2.75, 3.05) is 40.3 Å². The van der Waals surface area contributed by atoms with E-state index in [-0.39, 0.29) is 24.0 Å². The van der Waals surface area contributed by atoms with Gasteiger partial charge in [0.15, 0.2) is 11.7 Å². The molecule has 0 radical (unpaired) electrons. The van der Waals surface area contributed by atoms with Gasteiger partial charge < -0.3 is 15.5 Å². The SMILES string of the molecule is CN=C(NCCc1nc(C(F)(F)F)cs1)NCC1CCCN(C)C1.I. The molecule has 0 bridgehead atoms. The van der Waals surface area contributed by atoms with Crippen molar-refractivity contribution in [2.24, 2.45) is 10.9 Å². The zero-order chi connectivity index (χ0) is 17.6. The highest BCUT2D eigenvalue weighted by Crippen LogP contribution is 2.29. The largest absolute Gasteiger partial charge is 0.434 e. The van der Waals surface area contributed by atoms with Gasteiger partial charge in [0.25, 0.3) is 0 Å². The second-order valence-corrected chi connectivity index (χ2v) is 6.97. The van der Waals surface area contributed by atoms with Crippen LogP contribution in [0.3, 0.4) is 0 Å². The van der Waals surface area contributed by atoms with Crippen LogP contribution in [0.4, 0.5) is 13.2 Å². The highest BCUT2D eigenvalue weighted by atomic mass is 127. The Morgan fingerprint density at radius 2 is 2.20 bits per heavy atom. The Morgan fingerprint density at radius 1 is 1.44 bits per heavy atom. The molecule has 1 aromatic heterocycles. The maximum absolute atomic E-state index is 12.5. The number of alkyl halides is 3. The van der Waals surface area contributed by atoms with E-state index < -0.39 is 11.9 Å². The van der Waals surface area contributed by atoms with Crippen LogP contribution in [0.15, 0.2) is 10.4 Å². The monoisotopic (exact) mass is 491 g/mol. The van der Waals surface area contributed by atoms with Crippen LogP contribution in [0, 0.1) is 5.92 Å². The second-order valence-electron chi connectivity index (χ2n) is 6.02. The summed E-state index contributed by atoms with van der Waals surface area (Å²) in [5, 5.41) is 7.95. The minimum absolute atomic E-state index is 0. The van der Waals surface area contributed by atoms with E-state index in [1.807, 2.05) is 0 Å². The molecule has 25 heavy (non-hydrogen) atoms. The molecule has 1 aromatic rings. The topological polar surface area (TPSA) is 52.6 Å². The Morgan fingerprint density at radius 3 is 2.80 bits per heavy atom. The number of hydrogen-bond acceptors (Lipinski definition) is 4. The first kappa shape index (κ1) is 22.4. The molecule has 1 unspecified atom stereocenters. The first-order chi connectivity index (χ1) is 11.4. The fourth-order valence-electron chi connectivity index (χ4n) is 2.75. The fraction of sp³-hybridized carbons (Fsp3) is 0.733. The zero-order valence-electron chi connectivity index (χ0n) is 14.4. The van der Waals surface area contributed by atoms with Crippen molar-refractivity contribution in [1.82, 2.24) is 20.5 Å². The Kier molecular flexibility index (Phi) is 9.43. The van der Waals surface area contributed by atoms with Crippen LogP contribution in [0.2, 0.25) is 0 Å². The average Bonchev–Trinajstić information content (AvgIpc) is 3.00. The molecule has 1 fully saturated rings. The lowest BCUT2D eigenvalue weighted by molar-refractivity contribution is -0.140. The predicted molar refractivity (Wildman–Crippen MR) is 106 cm³/mol. The van der Waals surface area contributed by atoms with Crippen LogP contribution in [0.1, 0.15) is 23.5 Å². The van der Waals surface area contributed by atoms with E-state index in [4.69, 9.17) is 0 Å². The minimum Gasteiger partial charge on any atom is -0.356 e. The quantitative estimate of drug-likeness (QED) is 0.378. The van der Waals surface area contributed by atoms with Crippen LogP contribution in [-0.4, -0.2) is 56.1 Å². The molecular formula is C15H25F3IN5S. The Labute approximate surface area is 167 Å². The molecule has 2 N–H and O–H groups in total. The molecule has 144 valence electrons. The van der Waals surface area contributed by atoms with Gasteiger partial charge in [-0.1, -0.05) is 0 Å². The first-order valence-electron chi connectivity index (χ1n) is 8.03. The Hall–Kier alpha value is -0.620. The number of likely N-dealkylation sites (tertiary alicyclic amines) is 1. The maximum atomic E-state index is 12.5. The van der Waals surface area contributed by atoms with Gasteiger partial charge in [0.2, 0.25) is 0 Å². The number of guanidine groups is 1. The number of aliphatic imine (C=N–C) groups is 1. The van der Waals surface area contributed by atoms with Gasteiger partial charge >= 0.3 is 6.18 Å². The number of aromatic nitrogens is 1. The minimum atomic E-state index is -4.37. The normalized spacial score (nSPS) is 19.4. The third kappa shape index (κ3) is 7.65. The number of nitrogens with zero attached hydrogens (tertiary/aromatic N) is 3. The van der Waals surface area contributed by atoms with E-state index in [0.29, 0.717) is 29.9 Å². The van der Waals surface area contributed by atoms with Crippen molar-refractivity contribution in [3.05, 3.63) is 16.1 Å². The first-order valence-corrected chi connectivity index (χ1v) is 8.91. The lowest BCUT2D eigenvalue weighted by Crippen LogP contribution is -2.44. The van der Waals surface area contributed by atoms with E-state index in [1.54, 1.807) is 7.05 Å². The van der Waals surface area contributed by atoms with Crippen molar-refractivity contribution in [2.45, 2.75) is 25.4 Å².